The number of rotatable bonds is 6. The van der Waals surface area contributed by atoms with Crippen LogP contribution in [0.2, 0.25) is 0 Å². The van der Waals surface area contributed by atoms with Crippen LogP contribution in [0, 0.1) is 11.3 Å². The molecule has 0 radical (unpaired) electrons. The fourth-order valence-electron chi connectivity index (χ4n) is 2.90. The number of nitriles is 1. The van der Waals surface area contributed by atoms with Gasteiger partial charge in [0.1, 0.15) is 5.82 Å². The summed E-state index contributed by atoms with van der Waals surface area (Å²) in [5.74, 6) is 1.51. The molecule has 4 rings (SSSR count). The number of aromatic nitrogens is 3. The maximum Gasteiger partial charge on any atom is 0.209 e. The maximum absolute atomic E-state index is 9.27. The summed E-state index contributed by atoms with van der Waals surface area (Å²) < 4.78 is 0. The zero-order chi connectivity index (χ0) is 19.9. The number of H-pyrrole nitrogens is 1. The van der Waals surface area contributed by atoms with Crippen molar-refractivity contribution < 1.29 is 0 Å². The molecule has 1 aromatic heterocycles. The molecule has 0 spiro atoms. The quantitative estimate of drug-likeness (QED) is 0.419. The summed E-state index contributed by atoms with van der Waals surface area (Å²) in [5.41, 5.74) is 4.99. The van der Waals surface area contributed by atoms with E-state index in [9.17, 15) is 5.26 Å². The van der Waals surface area contributed by atoms with Gasteiger partial charge in [0.15, 0.2) is 0 Å². The van der Waals surface area contributed by atoms with Crippen molar-refractivity contribution in [3.8, 4) is 17.2 Å². The minimum Gasteiger partial charge on any atom is -0.259 e. The molecule has 5 heteroatoms. The number of hydrogen-bond acceptors (Lipinski definition) is 4. The van der Waals surface area contributed by atoms with Crippen LogP contribution in [-0.2, 0) is 5.75 Å². The van der Waals surface area contributed by atoms with Crippen molar-refractivity contribution in [2.75, 3.05) is 0 Å². The van der Waals surface area contributed by atoms with Crippen LogP contribution in [0.25, 0.3) is 23.3 Å². The number of nitrogens with zero attached hydrogens (tertiary/aromatic N) is 3. The van der Waals surface area contributed by atoms with Crippen molar-refractivity contribution in [2.45, 2.75) is 10.9 Å². The van der Waals surface area contributed by atoms with Crippen molar-refractivity contribution in [1.29, 1.82) is 5.26 Å². The van der Waals surface area contributed by atoms with Crippen molar-refractivity contribution in [3.63, 3.8) is 0 Å². The molecule has 1 N–H and O–H groups in total. The van der Waals surface area contributed by atoms with E-state index in [1.807, 2.05) is 66.7 Å². The van der Waals surface area contributed by atoms with E-state index < -0.39 is 0 Å². The lowest BCUT2D eigenvalue weighted by Gasteiger charge is -2.05. The Hall–Kier alpha value is -3.62. The standard InChI is InChI=1S/C24H18N4S/c25-16-21-8-4-5-9-22(21)20-13-10-19(11-14-20)17-29-24-26-23(27-28-24)15-12-18-6-2-1-3-7-18/h1-15H,17H2,(H,26,27,28)/b15-12+. The Labute approximate surface area is 174 Å². The first kappa shape index (κ1) is 18.7. The fraction of sp³-hybridized carbons (Fsp3) is 0.0417. The summed E-state index contributed by atoms with van der Waals surface area (Å²) in [4.78, 5) is 4.50. The smallest absolute Gasteiger partial charge is 0.209 e. The molecule has 0 amide bonds. The molecular weight excluding hydrogens is 376 g/mol. The molecule has 0 fully saturated rings. The lowest BCUT2D eigenvalue weighted by atomic mass is 10.00. The summed E-state index contributed by atoms with van der Waals surface area (Å²) in [5, 5.41) is 17.2. The topological polar surface area (TPSA) is 65.4 Å². The van der Waals surface area contributed by atoms with E-state index in [0.29, 0.717) is 5.56 Å². The van der Waals surface area contributed by atoms with Crippen LogP contribution in [-0.4, -0.2) is 15.2 Å². The van der Waals surface area contributed by atoms with Gasteiger partial charge >= 0.3 is 0 Å². The second-order valence-corrected chi connectivity index (χ2v) is 7.33. The van der Waals surface area contributed by atoms with Crippen LogP contribution in [0.15, 0.2) is 84.0 Å². The predicted molar refractivity (Wildman–Crippen MR) is 118 cm³/mol. The van der Waals surface area contributed by atoms with Crippen molar-refractivity contribution in [1.82, 2.24) is 15.2 Å². The van der Waals surface area contributed by atoms with Crippen LogP contribution in [0.1, 0.15) is 22.5 Å². The Morgan fingerprint density at radius 1 is 0.897 bits per heavy atom. The van der Waals surface area contributed by atoms with E-state index in [2.05, 4.69) is 45.5 Å². The SMILES string of the molecule is N#Cc1ccccc1-c1ccc(CSc2n[nH]c(/C=C/c3ccccc3)n2)cc1. The van der Waals surface area contributed by atoms with Gasteiger partial charge in [0.25, 0.3) is 0 Å². The molecule has 3 aromatic carbocycles. The molecule has 0 unspecified atom stereocenters. The Morgan fingerprint density at radius 3 is 2.45 bits per heavy atom. The zero-order valence-corrected chi connectivity index (χ0v) is 16.4. The molecule has 1 heterocycles. The first-order valence-electron chi connectivity index (χ1n) is 9.18. The van der Waals surface area contributed by atoms with Gasteiger partial charge < -0.3 is 0 Å². The zero-order valence-electron chi connectivity index (χ0n) is 15.6. The molecular formula is C24H18N4S. The van der Waals surface area contributed by atoms with Crippen molar-refractivity contribution in [3.05, 3.63) is 101 Å². The van der Waals surface area contributed by atoms with Crippen LogP contribution in [0.5, 0.6) is 0 Å². The monoisotopic (exact) mass is 394 g/mol. The highest BCUT2D eigenvalue weighted by atomic mass is 32.2. The van der Waals surface area contributed by atoms with Crippen LogP contribution in [0.3, 0.4) is 0 Å². The van der Waals surface area contributed by atoms with Gasteiger partial charge in [-0.2, -0.15) is 5.26 Å². The Balaban J connectivity index is 1.38. The summed E-state index contributed by atoms with van der Waals surface area (Å²) in [6, 6.07) is 28.3. The minimum atomic E-state index is 0.687. The molecule has 0 saturated heterocycles. The third-order valence-electron chi connectivity index (χ3n) is 4.40. The average Bonchev–Trinajstić information content (AvgIpc) is 3.25. The van der Waals surface area contributed by atoms with E-state index in [1.165, 1.54) is 5.56 Å². The number of nitrogens with one attached hydrogen (secondary N) is 1. The van der Waals surface area contributed by atoms with Crippen LogP contribution < -0.4 is 0 Å². The first-order chi connectivity index (χ1) is 14.3. The molecule has 4 aromatic rings. The predicted octanol–water partition coefficient (Wildman–Crippen LogP) is 5.81. The van der Waals surface area contributed by atoms with E-state index >= 15 is 0 Å². The van der Waals surface area contributed by atoms with Gasteiger partial charge in [-0.05, 0) is 34.4 Å². The lowest BCUT2D eigenvalue weighted by molar-refractivity contribution is 0.972. The van der Waals surface area contributed by atoms with Gasteiger partial charge in [-0.3, -0.25) is 5.10 Å². The number of benzene rings is 3. The molecule has 0 aliphatic rings. The molecule has 29 heavy (non-hydrogen) atoms. The highest BCUT2D eigenvalue weighted by Gasteiger charge is 2.06. The summed E-state index contributed by atoms with van der Waals surface area (Å²) >= 11 is 1.59. The lowest BCUT2D eigenvalue weighted by Crippen LogP contribution is -1.86. The molecule has 0 aliphatic carbocycles. The Bertz CT molecular complexity index is 1160. The summed E-state index contributed by atoms with van der Waals surface area (Å²) in [6.07, 6.45) is 3.93. The van der Waals surface area contributed by atoms with Crippen LogP contribution >= 0.6 is 11.8 Å². The third-order valence-corrected chi connectivity index (χ3v) is 5.31. The summed E-state index contributed by atoms with van der Waals surface area (Å²) in [7, 11) is 0. The number of hydrogen-bond donors (Lipinski definition) is 1. The molecule has 0 aliphatic heterocycles. The molecule has 0 bridgehead atoms. The van der Waals surface area contributed by atoms with Gasteiger partial charge in [-0.1, -0.05) is 90.6 Å². The highest BCUT2D eigenvalue weighted by molar-refractivity contribution is 7.98. The fourth-order valence-corrected chi connectivity index (χ4v) is 3.66. The van der Waals surface area contributed by atoms with Crippen molar-refractivity contribution in [2.24, 2.45) is 0 Å². The Morgan fingerprint density at radius 2 is 1.66 bits per heavy atom. The van der Waals surface area contributed by atoms with Crippen LogP contribution in [0.4, 0.5) is 0 Å². The van der Waals surface area contributed by atoms with E-state index in [-0.39, 0.29) is 0 Å². The number of thioether (sulfide) groups is 1. The summed E-state index contributed by atoms with van der Waals surface area (Å²) in [6.45, 7) is 0. The highest BCUT2D eigenvalue weighted by Crippen LogP contribution is 2.25. The molecule has 4 nitrogen and oxygen atoms in total. The normalized spacial score (nSPS) is 10.9. The third kappa shape index (κ3) is 4.81. The van der Waals surface area contributed by atoms with E-state index in [0.717, 1.165) is 33.4 Å². The van der Waals surface area contributed by atoms with E-state index in [4.69, 9.17) is 0 Å². The van der Waals surface area contributed by atoms with Gasteiger partial charge in [-0.15, -0.1) is 5.10 Å². The van der Waals surface area contributed by atoms with Gasteiger partial charge in [0.2, 0.25) is 5.16 Å². The first-order valence-corrected chi connectivity index (χ1v) is 10.2. The van der Waals surface area contributed by atoms with Gasteiger partial charge in [0.05, 0.1) is 11.6 Å². The maximum atomic E-state index is 9.27. The largest absolute Gasteiger partial charge is 0.259 e. The van der Waals surface area contributed by atoms with E-state index in [1.54, 1.807) is 11.8 Å². The van der Waals surface area contributed by atoms with Gasteiger partial charge in [-0.25, -0.2) is 4.98 Å². The van der Waals surface area contributed by atoms with Crippen molar-refractivity contribution >= 4 is 23.9 Å². The molecule has 140 valence electrons. The molecule has 0 atom stereocenters. The molecule has 0 saturated carbocycles. The second-order valence-electron chi connectivity index (χ2n) is 6.39. The Kier molecular flexibility index (Phi) is 5.84. The average molecular weight is 395 g/mol. The number of aromatic amines is 1. The minimum absolute atomic E-state index is 0.687. The second kappa shape index (κ2) is 9.05. The van der Waals surface area contributed by atoms with Gasteiger partial charge in [0, 0.05) is 5.75 Å².